The normalized spacial score (nSPS) is 16.6. The smallest absolute Gasteiger partial charge is 0.261 e. The summed E-state index contributed by atoms with van der Waals surface area (Å²) < 4.78 is 14.6. The van der Waals surface area contributed by atoms with E-state index < -0.39 is 6.10 Å². The quantitative estimate of drug-likeness (QED) is 0.657. The number of nitrogens with zero attached hydrogens (tertiary/aromatic N) is 3. The minimum Gasteiger partial charge on any atom is -0.504 e. The van der Waals surface area contributed by atoms with Gasteiger partial charge in [-0.3, -0.25) is 9.20 Å². The molecule has 0 spiro atoms. The van der Waals surface area contributed by atoms with Crippen LogP contribution in [0, 0.1) is 25.6 Å². The van der Waals surface area contributed by atoms with Crippen molar-refractivity contribution in [1.29, 1.82) is 0 Å². The third-order valence-corrected chi connectivity index (χ3v) is 6.31. The van der Waals surface area contributed by atoms with E-state index in [-0.39, 0.29) is 28.7 Å². The fourth-order valence-electron chi connectivity index (χ4n) is 4.48. The maximum atomic E-state index is 13.1. The van der Waals surface area contributed by atoms with Crippen LogP contribution in [0.15, 0.2) is 41.3 Å². The molecule has 1 atom stereocenters. The monoisotopic (exact) mass is 425 g/mol. The van der Waals surface area contributed by atoms with E-state index in [1.165, 1.54) is 16.5 Å². The van der Waals surface area contributed by atoms with Crippen LogP contribution in [0.1, 0.15) is 41.3 Å². The minimum absolute atomic E-state index is 0.00790. The Labute approximate surface area is 180 Å². The first-order chi connectivity index (χ1) is 14.8. The lowest BCUT2D eigenvalue weighted by Crippen LogP contribution is -2.37. The van der Waals surface area contributed by atoms with Gasteiger partial charge in [0.05, 0.1) is 6.10 Å². The number of hydrogen-bond donors (Lipinski definition) is 2. The number of piperidine rings is 1. The van der Waals surface area contributed by atoms with Gasteiger partial charge < -0.3 is 15.1 Å². The summed E-state index contributed by atoms with van der Waals surface area (Å²) in [6.45, 7) is 6.05. The zero-order valence-electron chi connectivity index (χ0n) is 17.9. The highest BCUT2D eigenvalue weighted by Crippen LogP contribution is 2.30. The summed E-state index contributed by atoms with van der Waals surface area (Å²) in [4.78, 5) is 19.7. The summed E-state index contributed by atoms with van der Waals surface area (Å²) in [6, 6.07) is 7.66. The number of halogens is 1. The van der Waals surface area contributed by atoms with Crippen LogP contribution in [0.25, 0.3) is 5.65 Å². The van der Waals surface area contributed by atoms with Crippen molar-refractivity contribution in [1.82, 2.24) is 14.3 Å². The molecular weight excluding hydrogens is 397 g/mol. The van der Waals surface area contributed by atoms with E-state index in [1.807, 2.05) is 6.92 Å². The molecule has 0 saturated carbocycles. The van der Waals surface area contributed by atoms with E-state index in [4.69, 9.17) is 0 Å². The highest BCUT2D eigenvalue weighted by molar-refractivity contribution is 5.54. The Morgan fingerprint density at radius 2 is 1.87 bits per heavy atom. The number of hydrogen-bond acceptors (Lipinski definition) is 5. The molecule has 0 radical (unpaired) electrons. The molecule has 1 fully saturated rings. The van der Waals surface area contributed by atoms with Crippen molar-refractivity contribution in [2.24, 2.45) is 5.92 Å². The molecule has 0 aliphatic carbocycles. The average molecular weight is 426 g/mol. The first-order valence-electron chi connectivity index (χ1n) is 10.7. The Morgan fingerprint density at radius 3 is 2.55 bits per heavy atom. The molecule has 2 N–H and O–H groups in total. The van der Waals surface area contributed by atoms with Crippen molar-refractivity contribution in [2.75, 3.05) is 19.6 Å². The summed E-state index contributed by atoms with van der Waals surface area (Å²) in [5.74, 6) is -0.151. The molecule has 164 valence electrons. The highest BCUT2D eigenvalue weighted by Gasteiger charge is 2.26. The average Bonchev–Trinajstić information content (AvgIpc) is 2.75. The number of likely N-dealkylation sites (tertiary alicyclic amines) is 1. The Hall–Kier alpha value is -2.77. The Balaban J connectivity index is 1.40. The second-order valence-corrected chi connectivity index (χ2v) is 8.50. The van der Waals surface area contributed by atoms with Crippen molar-refractivity contribution < 1.29 is 14.6 Å². The van der Waals surface area contributed by atoms with Gasteiger partial charge in [-0.2, -0.15) is 0 Å². The number of rotatable bonds is 5. The summed E-state index contributed by atoms with van der Waals surface area (Å²) in [6.07, 6.45) is 3.39. The molecule has 1 aliphatic heterocycles. The molecule has 1 aromatic carbocycles. The van der Waals surface area contributed by atoms with Crippen molar-refractivity contribution in [3.05, 3.63) is 75.1 Å². The molecule has 0 amide bonds. The maximum absolute atomic E-state index is 13.1. The van der Waals surface area contributed by atoms with Crippen LogP contribution in [-0.4, -0.2) is 44.1 Å². The van der Waals surface area contributed by atoms with Gasteiger partial charge in [0.2, 0.25) is 0 Å². The van der Waals surface area contributed by atoms with E-state index in [0.717, 1.165) is 43.6 Å². The number of aryl methyl sites for hydroxylation is 2. The Morgan fingerprint density at radius 1 is 1.19 bits per heavy atom. The van der Waals surface area contributed by atoms with Gasteiger partial charge >= 0.3 is 0 Å². The summed E-state index contributed by atoms with van der Waals surface area (Å²) >= 11 is 0. The lowest BCUT2D eigenvalue weighted by molar-refractivity contribution is 0.0591. The topological polar surface area (TPSA) is 78.1 Å². The Bertz CT molecular complexity index is 1140. The van der Waals surface area contributed by atoms with Crippen molar-refractivity contribution in [2.45, 2.75) is 39.2 Å². The van der Waals surface area contributed by atoms with Crippen LogP contribution in [0.3, 0.4) is 0 Å². The first-order valence-corrected chi connectivity index (χ1v) is 10.7. The molecule has 3 heterocycles. The molecule has 4 rings (SSSR count). The molecule has 7 heteroatoms. The summed E-state index contributed by atoms with van der Waals surface area (Å²) in [7, 11) is 0. The van der Waals surface area contributed by atoms with Crippen LogP contribution in [-0.2, 0) is 6.42 Å². The number of benzene rings is 1. The van der Waals surface area contributed by atoms with Crippen molar-refractivity contribution >= 4 is 5.65 Å². The molecule has 1 aliphatic rings. The largest absolute Gasteiger partial charge is 0.504 e. The van der Waals surface area contributed by atoms with Gasteiger partial charge in [-0.05, 0) is 81.4 Å². The van der Waals surface area contributed by atoms with Gasteiger partial charge in [0.15, 0.2) is 11.4 Å². The molecular formula is C24H28FN3O3. The molecule has 1 saturated heterocycles. The van der Waals surface area contributed by atoms with Crippen LogP contribution in [0.2, 0.25) is 0 Å². The number of aromatic nitrogens is 2. The number of aliphatic hydroxyl groups is 1. The van der Waals surface area contributed by atoms with Gasteiger partial charge in [-0.25, -0.2) is 9.37 Å². The zero-order chi connectivity index (χ0) is 22.1. The maximum Gasteiger partial charge on any atom is 0.261 e. The molecule has 6 nitrogen and oxygen atoms in total. The predicted octanol–water partition coefficient (Wildman–Crippen LogP) is 3.14. The SMILES string of the molecule is Cc1cc(O)c2nc(C)c(CCN3CCC(C(O)c4ccc(F)cc4)CC3)c(=O)n2c1. The van der Waals surface area contributed by atoms with E-state index in [1.54, 1.807) is 31.3 Å². The lowest BCUT2D eigenvalue weighted by Gasteiger charge is -2.34. The number of fused-ring (bicyclic) bond motifs is 1. The Kier molecular flexibility index (Phi) is 6.07. The van der Waals surface area contributed by atoms with Crippen molar-refractivity contribution in [3.63, 3.8) is 0 Å². The fourth-order valence-corrected chi connectivity index (χ4v) is 4.48. The highest BCUT2D eigenvalue weighted by atomic mass is 19.1. The van der Waals surface area contributed by atoms with Crippen LogP contribution in [0.5, 0.6) is 5.75 Å². The molecule has 3 aromatic rings. The molecule has 0 bridgehead atoms. The summed E-state index contributed by atoms with van der Waals surface area (Å²) in [5.41, 5.74) is 3.01. The third-order valence-electron chi connectivity index (χ3n) is 6.31. The van der Waals surface area contributed by atoms with E-state index in [0.29, 0.717) is 17.7 Å². The predicted molar refractivity (Wildman–Crippen MR) is 117 cm³/mol. The van der Waals surface area contributed by atoms with Crippen molar-refractivity contribution in [3.8, 4) is 5.75 Å². The third kappa shape index (κ3) is 4.48. The van der Waals surface area contributed by atoms with E-state index in [9.17, 15) is 19.4 Å². The van der Waals surface area contributed by atoms with Crippen LogP contribution >= 0.6 is 0 Å². The standard InChI is InChI=1S/C24H28FN3O3/c1-15-13-21(29)23-26-16(2)20(24(31)28(23)14-15)9-12-27-10-7-18(8-11-27)22(30)17-3-5-19(25)6-4-17/h3-6,13-14,18,22,29-30H,7-12H2,1-2H3. The van der Waals surface area contributed by atoms with Crippen LogP contribution < -0.4 is 5.56 Å². The number of aromatic hydroxyl groups is 1. The second-order valence-electron chi connectivity index (χ2n) is 8.50. The van der Waals surface area contributed by atoms with Gasteiger partial charge in [-0.1, -0.05) is 12.1 Å². The molecule has 2 aromatic heterocycles. The molecule has 1 unspecified atom stereocenters. The van der Waals surface area contributed by atoms with Gasteiger partial charge in [0.1, 0.15) is 5.82 Å². The first kappa shape index (κ1) is 21.5. The zero-order valence-corrected chi connectivity index (χ0v) is 17.9. The number of pyridine rings is 1. The van der Waals surface area contributed by atoms with E-state index >= 15 is 0 Å². The minimum atomic E-state index is -0.588. The summed E-state index contributed by atoms with van der Waals surface area (Å²) in [5, 5.41) is 20.8. The van der Waals surface area contributed by atoms with Gasteiger partial charge in [0, 0.05) is 24.0 Å². The second kappa shape index (κ2) is 8.77. The van der Waals surface area contributed by atoms with Crippen LogP contribution in [0.4, 0.5) is 4.39 Å². The lowest BCUT2D eigenvalue weighted by atomic mass is 9.87. The number of aliphatic hydroxyl groups excluding tert-OH is 1. The van der Waals surface area contributed by atoms with Gasteiger partial charge in [0.25, 0.3) is 5.56 Å². The fraction of sp³-hybridized carbons (Fsp3) is 0.417. The molecule has 31 heavy (non-hydrogen) atoms. The van der Waals surface area contributed by atoms with E-state index in [2.05, 4.69) is 9.88 Å². The van der Waals surface area contributed by atoms with Gasteiger partial charge in [-0.15, -0.1) is 0 Å².